The molecule has 21 heavy (non-hydrogen) atoms. The summed E-state index contributed by atoms with van der Waals surface area (Å²) in [6.45, 7) is 1.90. The number of aliphatic hydroxyl groups is 1. The molecule has 1 saturated heterocycles. The summed E-state index contributed by atoms with van der Waals surface area (Å²) in [6, 6.07) is 7.66. The Bertz CT molecular complexity index is 568. The van der Waals surface area contributed by atoms with Crippen LogP contribution in [0.4, 0.5) is 5.69 Å². The Labute approximate surface area is 124 Å². The van der Waals surface area contributed by atoms with E-state index in [-0.39, 0.29) is 0 Å². The molecule has 5 heteroatoms. The summed E-state index contributed by atoms with van der Waals surface area (Å²) < 4.78 is 5.05. The van der Waals surface area contributed by atoms with Crippen molar-refractivity contribution in [2.75, 3.05) is 25.1 Å². The van der Waals surface area contributed by atoms with Crippen LogP contribution < -0.4 is 9.64 Å². The molecule has 0 bridgehead atoms. The molecule has 1 fully saturated rings. The maximum Gasteiger partial charge on any atom is 0.213 e. The number of pyridine rings is 2. The Kier molecular flexibility index (Phi) is 4.01. The number of nitrogens with zero attached hydrogens (tertiary/aromatic N) is 3. The smallest absolute Gasteiger partial charge is 0.213 e. The van der Waals surface area contributed by atoms with Gasteiger partial charge in [0.1, 0.15) is 0 Å². The largest absolute Gasteiger partial charge is 0.481 e. The normalized spacial score (nSPS) is 16.4. The zero-order valence-electron chi connectivity index (χ0n) is 12.0. The molecule has 1 aliphatic heterocycles. The molecule has 0 aromatic carbocycles. The van der Waals surface area contributed by atoms with Gasteiger partial charge in [-0.25, -0.2) is 4.98 Å². The van der Waals surface area contributed by atoms with Crippen molar-refractivity contribution >= 4 is 5.69 Å². The lowest BCUT2D eigenvalue weighted by atomic mass is 9.91. The zero-order valence-corrected chi connectivity index (χ0v) is 12.0. The van der Waals surface area contributed by atoms with Crippen LogP contribution in [0.15, 0.2) is 42.9 Å². The number of aliphatic hydroxyl groups excluding tert-OH is 1. The van der Waals surface area contributed by atoms with Gasteiger partial charge in [0.2, 0.25) is 5.88 Å². The second kappa shape index (κ2) is 6.10. The summed E-state index contributed by atoms with van der Waals surface area (Å²) in [5.41, 5.74) is 1.99. The molecule has 1 N–H and O–H groups in total. The minimum atomic E-state index is -0.431. The minimum absolute atomic E-state index is 0.431. The second-order valence-corrected chi connectivity index (χ2v) is 5.37. The first-order chi connectivity index (χ1) is 10.3. The molecular weight excluding hydrogens is 266 g/mol. The molecule has 3 rings (SSSR count). The number of anilines is 1. The second-order valence-electron chi connectivity index (χ2n) is 5.37. The third-order valence-electron chi connectivity index (χ3n) is 3.88. The minimum Gasteiger partial charge on any atom is -0.481 e. The topological polar surface area (TPSA) is 58.5 Å². The third kappa shape index (κ3) is 3.13. The van der Waals surface area contributed by atoms with Crippen molar-refractivity contribution < 1.29 is 9.84 Å². The van der Waals surface area contributed by atoms with Crippen molar-refractivity contribution in [3.63, 3.8) is 0 Å². The van der Waals surface area contributed by atoms with Gasteiger partial charge in [-0.1, -0.05) is 6.07 Å². The van der Waals surface area contributed by atoms with E-state index in [1.54, 1.807) is 19.5 Å². The average Bonchev–Trinajstić information content (AvgIpc) is 2.51. The molecule has 0 aliphatic carbocycles. The van der Waals surface area contributed by atoms with E-state index < -0.39 is 6.10 Å². The van der Waals surface area contributed by atoms with Gasteiger partial charge in [0, 0.05) is 31.5 Å². The van der Waals surface area contributed by atoms with Crippen LogP contribution in [0.25, 0.3) is 0 Å². The van der Waals surface area contributed by atoms with Crippen LogP contribution in [0.2, 0.25) is 0 Å². The monoisotopic (exact) mass is 285 g/mol. The van der Waals surface area contributed by atoms with Crippen molar-refractivity contribution in [3.8, 4) is 5.88 Å². The number of hydrogen-bond acceptors (Lipinski definition) is 5. The molecule has 1 unspecified atom stereocenters. The fraction of sp³-hybridized carbons (Fsp3) is 0.375. The maximum absolute atomic E-state index is 10.2. The Hall–Kier alpha value is -2.14. The molecular formula is C16H19N3O2. The van der Waals surface area contributed by atoms with Gasteiger partial charge >= 0.3 is 0 Å². The van der Waals surface area contributed by atoms with E-state index in [0.717, 1.165) is 30.8 Å². The molecule has 0 amide bonds. The van der Waals surface area contributed by atoms with Gasteiger partial charge in [-0.05, 0) is 30.0 Å². The summed E-state index contributed by atoms with van der Waals surface area (Å²) >= 11 is 0. The molecule has 0 spiro atoms. The van der Waals surface area contributed by atoms with Gasteiger partial charge in [0.15, 0.2) is 0 Å². The van der Waals surface area contributed by atoms with E-state index >= 15 is 0 Å². The summed E-state index contributed by atoms with van der Waals surface area (Å²) in [4.78, 5) is 10.5. The van der Waals surface area contributed by atoms with E-state index in [2.05, 4.69) is 14.9 Å². The lowest BCUT2D eigenvalue weighted by Gasteiger charge is -2.41. The van der Waals surface area contributed by atoms with Gasteiger partial charge in [0.25, 0.3) is 0 Å². The van der Waals surface area contributed by atoms with Crippen LogP contribution in [-0.4, -0.2) is 35.3 Å². The SMILES string of the molecule is COc1ccc(N2CC(CC(O)c3cccnc3)C2)cn1. The lowest BCUT2D eigenvalue weighted by molar-refractivity contribution is 0.134. The van der Waals surface area contributed by atoms with Crippen LogP contribution in [0.5, 0.6) is 5.88 Å². The Morgan fingerprint density at radius 2 is 2.19 bits per heavy atom. The molecule has 0 saturated carbocycles. The molecule has 1 aliphatic rings. The molecule has 1 atom stereocenters. The number of hydrogen-bond donors (Lipinski definition) is 1. The van der Waals surface area contributed by atoms with Crippen LogP contribution in [-0.2, 0) is 0 Å². The van der Waals surface area contributed by atoms with Crippen molar-refractivity contribution in [3.05, 3.63) is 48.4 Å². The Morgan fingerprint density at radius 3 is 2.81 bits per heavy atom. The Balaban J connectivity index is 1.51. The summed E-state index contributed by atoms with van der Waals surface area (Å²) in [5, 5.41) is 10.2. The van der Waals surface area contributed by atoms with Gasteiger partial charge in [-0.15, -0.1) is 0 Å². The van der Waals surface area contributed by atoms with Crippen LogP contribution in [0, 0.1) is 5.92 Å². The fourth-order valence-corrected chi connectivity index (χ4v) is 2.63. The molecule has 2 aromatic heterocycles. The van der Waals surface area contributed by atoms with Gasteiger partial charge < -0.3 is 14.7 Å². The maximum atomic E-state index is 10.2. The number of rotatable bonds is 5. The van der Waals surface area contributed by atoms with Gasteiger partial charge in [0.05, 0.1) is 25.1 Å². The predicted octanol–water partition coefficient (Wildman–Crippen LogP) is 2.05. The third-order valence-corrected chi connectivity index (χ3v) is 3.88. The number of ether oxygens (including phenoxy) is 1. The molecule has 5 nitrogen and oxygen atoms in total. The van der Waals surface area contributed by atoms with Crippen molar-refractivity contribution in [2.24, 2.45) is 5.92 Å². The number of aromatic nitrogens is 2. The van der Waals surface area contributed by atoms with Gasteiger partial charge in [-0.2, -0.15) is 0 Å². The highest BCUT2D eigenvalue weighted by Crippen LogP contribution is 2.31. The molecule has 110 valence electrons. The van der Waals surface area contributed by atoms with Crippen molar-refractivity contribution in [1.82, 2.24) is 9.97 Å². The van der Waals surface area contributed by atoms with Crippen molar-refractivity contribution in [2.45, 2.75) is 12.5 Å². The summed E-state index contributed by atoms with van der Waals surface area (Å²) in [7, 11) is 1.61. The molecule has 3 heterocycles. The molecule has 0 radical (unpaired) electrons. The molecule has 2 aromatic rings. The first-order valence-electron chi connectivity index (χ1n) is 7.09. The van der Waals surface area contributed by atoms with Crippen LogP contribution >= 0.6 is 0 Å². The zero-order chi connectivity index (χ0) is 14.7. The number of methoxy groups -OCH3 is 1. The van der Waals surface area contributed by atoms with E-state index in [4.69, 9.17) is 4.74 Å². The van der Waals surface area contributed by atoms with E-state index in [1.165, 1.54) is 0 Å². The standard InChI is InChI=1S/C16H19N3O2/c1-21-16-5-4-14(9-18-16)19-10-12(11-19)7-15(20)13-3-2-6-17-8-13/h2-6,8-9,12,15,20H,7,10-11H2,1H3. The lowest BCUT2D eigenvalue weighted by Crippen LogP contribution is -2.47. The van der Waals surface area contributed by atoms with Gasteiger partial charge in [-0.3, -0.25) is 4.98 Å². The summed E-state index contributed by atoms with van der Waals surface area (Å²) in [5.74, 6) is 1.13. The average molecular weight is 285 g/mol. The summed E-state index contributed by atoms with van der Waals surface area (Å²) in [6.07, 6.45) is 5.62. The highest BCUT2D eigenvalue weighted by molar-refractivity contribution is 5.47. The first kappa shape index (κ1) is 13.8. The van der Waals surface area contributed by atoms with E-state index in [1.807, 2.05) is 30.5 Å². The quantitative estimate of drug-likeness (QED) is 0.911. The predicted molar refractivity (Wildman–Crippen MR) is 80.3 cm³/mol. The van der Waals surface area contributed by atoms with Crippen molar-refractivity contribution in [1.29, 1.82) is 0 Å². The highest BCUT2D eigenvalue weighted by Gasteiger charge is 2.29. The highest BCUT2D eigenvalue weighted by atomic mass is 16.5. The van der Waals surface area contributed by atoms with E-state index in [9.17, 15) is 5.11 Å². The van der Waals surface area contributed by atoms with Crippen LogP contribution in [0.3, 0.4) is 0 Å². The van der Waals surface area contributed by atoms with Crippen LogP contribution in [0.1, 0.15) is 18.1 Å². The fourth-order valence-electron chi connectivity index (χ4n) is 2.63. The first-order valence-corrected chi connectivity index (χ1v) is 7.09. The van der Waals surface area contributed by atoms with E-state index in [0.29, 0.717) is 11.8 Å². The Morgan fingerprint density at radius 1 is 1.33 bits per heavy atom.